The van der Waals surface area contributed by atoms with E-state index < -0.39 is 0 Å². The van der Waals surface area contributed by atoms with E-state index in [-0.39, 0.29) is 0 Å². The summed E-state index contributed by atoms with van der Waals surface area (Å²) in [5.74, 6) is 0.335. The van der Waals surface area contributed by atoms with E-state index >= 15 is 0 Å². The predicted octanol–water partition coefficient (Wildman–Crippen LogP) is 1.99. The van der Waals surface area contributed by atoms with Crippen LogP contribution in [0.4, 0.5) is 5.69 Å². The molecule has 12 heavy (non-hydrogen) atoms. The van der Waals surface area contributed by atoms with Crippen molar-refractivity contribution in [2.75, 3.05) is 10.8 Å². The molecule has 0 spiro atoms. The summed E-state index contributed by atoms with van der Waals surface area (Å²) in [5.41, 5.74) is 2.07. The highest BCUT2D eigenvalue weighted by molar-refractivity contribution is 7.81. The van der Waals surface area contributed by atoms with Crippen LogP contribution in [0.1, 0.15) is 12.0 Å². The molecule has 0 unspecified atom stereocenters. The van der Waals surface area contributed by atoms with Crippen molar-refractivity contribution >= 4 is 18.5 Å². The van der Waals surface area contributed by atoms with Gasteiger partial charge in [0.05, 0.1) is 5.69 Å². The van der Waals surface area contributed by atoms with Crippen LogP contribution in [0.2, 0.25) is 0 Å². The average molecular weight is 181 g/mol. The van der Waals surface area contributed by atoms with Crippen molar-refractivity contribution in [2.45, 2.75) is 12.8 Å². The third-order valence-electron chi connectivity index (χ3n) is 2.17. The number of nitrogens with zero attached hydrogens (tertiary/aromatic N) is 1. The molecule has 64 valence electrons. The van der Waals surface area contributed by atoms with Gasteiger partial charge in [-0.2, -0.15) is 0 Å². The first-order valence-corrected chi connectivity index (χ1v) is 4.46. The van der Waals surface area contributed by atoms with Gasteiger partial charge in [0.25, 0.3) is 0 Å². The minimum Gasteiger partial charge on any atom is -0.506 e. The molecule has 0 aliphatic carbocycles. The van der Waals surface area contributed by atoms with E-state index in [1.807, 2.05) is 16.4 Å². The van der Waals surface area contributed by atoms with Gasteiger partial charge >= 0.3 is 0 Å². The van der Waals surface area contributed by atoms with Gasteiger partial charge in [0.15, 0.2) is 0 Å². The van der Waals surface area contributed by atoms with Crippen LogP contribution in [0.3, 0.4) is 0 Å². The quantitative estimate of drug-likeness (QED) is 0.598. The van der Waals surface area contributed by atoms with Crippen LogP contribution in [0.25, 0.3) is 0 Å². The number of phenols is 1. The van der Waals surface area contributed by atoms with Crippen LogP contribution >= 0.6 is 12.8 Å². The number of benzene rings is 1. The predicted molar refractivity (Wildman–Crippen MR) is 52.8 cm³/mol. The minimum atomic E-state index is 0.335. The third kappa shape index (κ3) is 1.14. The molecule has 1 heterocycles. The number of anilines is 1. The van der Waals surface area contributed by atoms with E-state index in [4.69, 9.17) is 0 Å². The Bertz CT molecular complexity index is 301. The monoisotopic (exact) mass is 181 g/mol. The van der Waals surface area contributed by atoms with Gasteiger partial charge in [0.1, 0.15) is 5.75 Å². The van der Waals surface area contributed by atoms with Crippen molar-refractivity contribution in [3.8, 4) is 5.75 Å². The molecule has 0 aromatic heterocycles. The zero-order valence-corrected chi connectivity index (χ0v) is 7.59. The molecule has 0 fully saturated rings. The number of hydrogen-bond acceptors (Lipinski definition) is 3. The summed E-state index contributed by atoms with van der Waals surface area (Å²) in [6.45, 7) is 0.910. The average Bonchev–Trinajstić information content (AvgIpc) is 2.04. The molecule has 1 aromatic rings. The van der Waals surface area contributed by atoms with Crippen LogP contribution in [-0.4, -0.2) is 11.7 Å². The fraction of sp³-hybridized carbons (Fsp3) is 0.333. The number of para-hydroxylation sites is 1. The molecule has 0 saturated heterocycles. The molecule has 0 atom stereocenters. The molecule has 2 rings (SSSR count). The van der Waals surface area contributed by atoms with Crippen LogP contribution in [0.15, 0.2) is 18.2 Å². The van der Waals surface area contributed by atoms with E-state index in [2.05, 4.69) is 12.8 Å². The summed E-state index contributed by atoms with van der Waals surface area (Å²) in [4.78, 5) is 0. The largest absolute Gasteiger partial charge is 0.506 e. The summed E-state index contributed by atoms with van der Waals surface area (Å²) in [5, 5.41) is 9.54. The van der Waals surface area contributed by atoms with Crippen molar-refractivity contribution in [2.24, 2.45) is 0 Å². The molecule has 0 radical (unpaired) electrons. The molecule has 0 bridgehead atoms. The van der Waals surface area contributed by atoms with Crippen molar-refractivity contribution in [3.63, 3.8) is 0 Å². The molecule has 1 N–H and O–H groups in total. The molecule has 1 aliphatic heterocycles. The van der Waals surface area contributed by atoms with Gasteiger partial charge in [-0.3, -0.25) is 0 Å². The lowest BCUT2D eigenvalue weighted by Gasteiger charge is -2.26. The third-order valence-corrected chi connectivity index (χ3v) is 2.57. The zero-order chi connectivity index (χ0) is 8.55. The molecule has 0 saturated carbocycles. The summed E-state index contributed by atoms with van der Waals surface area (Å²) < 4.78 is 1.81. The first-order chi connectivity index (χ1) is 5.79. The fourth-order valence-corrected chi connectivity index (χ4v) is 1.98. The highest BCUT2D eigenvalue weighted by Crippen LogP contribution is 2.35. The summed E-state index contributed by atoms with van der Waals surface area (Å²) in [6, 6.07) is 5.62. The highest BCUT2D eigenvalue weighted by Gasteiger charge is 2.16. The Morgan fingerprint density at radius 3 is 3.00 bits per heavy atom. The zero-order valence-electron chi connectivity index (χ0n) is 6.70. The molecule has 1 aliphatic rings. The first kappa shape index (κ1) is 7.80. The van der Waals surface area contributed by atoms with E-state index in [1.54, 1.807) is 6.07 Å². The van der Waals surface area contributed by atoms with Crippen LogP contribution < -0.4 is 4.31 Å². The fourth-order valence-electron chi connectivity index (χ4n) is 1.61. The molecule has 0 amide bonds. The number of thiol groups is 1. The Labute approximate surface area is 77.4 Å². The maximum absolute atomic E-state index is 9.54. The first-order valence-electron chi connectivity index (χ1n) is 4.06. The standard InChI is InChI=1S/C9H11NOS/c11-8-5-1-3-7-4-2-6-10(12)9(7)8/h1,3,5,11-12H,2,4,6H2. The van der Waals surface area contributed by atoms with Crippen molar-refractivity contribution in [3.05, 3.63) is 23.8 Å². The highest BCUT2D eigenvalue weighted by atomic mass is 32.1. The lowest BCUT2D eigenvalue weighted by atomic mass is 10.0. The lowest BCUT2D eigenvalue weighted by Crippen LogP contribution is -2.19. The second kappa shape index (κ2) is 2.90. The second-order valence-corrected chi connectivity index (χ2v) is 3.49. The smallest absolute Gasteiger partial charge is 0.140 e. The molecule has 1 aromatic carbocycles. The van der Waals surface area contributed by atoms with Gasteiger partial charge in [0, 0.05) is 6.54 Å². The Balaban J connectivity index is 2.53. The van der Waals surface area contributed by atoms with Crippen LogP contribution in [0.5, 0.6) is 5.75 Å². The number of aromatic hydroxyl groups is 1. The number of fused-ring (bicyclic) bond motifs is 1. The normalized spacial score (nSPS) is 15.9. The maximum Gasteiger partial charge on any atom is 0.140 e. The molecular formula is C9H11NOS. The van der Waals surface area contributed by atoms with Gasteiger partial charge in [-0.15, -0.1) is 0 Å². The Hall–Kier alpha value is -0.830. The van der Waals surface area contributed by atoms with E-state index in [1.165, 1.54) is 5.56 Å². The number of hydrogen-bond donors (Lipinski definition) is 2. The van der Waals surface area contributed by atoms with Gasteiger partial charge in [-0.25, -0.2) is 0 Å². The second-order valence-electron chi connectivity index (χ2n) is 3.01. The van der Waals surface area contributed by atoms with Crippen LogP contribution in [-0.2, 0) is 6.42 Å². The lowest BCUT2D eigenvalue weighted by molar-refractivity contribution is 0.474. The number of aryl methyl sites for hydroxylation is 1. The molecule has 3 heteroatoms. The van der Waals surface area contributed by atoms with Gasteiger partial charge < -0.3 is 9.41 Å². The van der Waals surface area contributed by atoms with E-state index in [0.29, 0.717) is 5.75 Å². The summed E-state index contributed by atoms with van der Waals surface area (Å²) >= 11 is 4.28. The van der Waals surface area contributed by atoms with Gasteiger partial charge in [0.2, 0.25) is 0 Å². The molecule has 2 nitrogen and oxygen atoms in total. The molecular weight excluding hydrogens is 170 g/mol. The SMILES string of the molecule is Oc1cccc2c1N(S)CCC2. The van der Waals surface area contributed by atoms with E-state index in [9.17, 15) is 5.11 Å². The van der Waals surface area contributed by atoms with Crippen molar-refractivity contribution in [1.82, 2.24) is 0 Å². The summed E-state index contributed by atoms with van der Waals surface area (Å²) in [7, 11) is 0. The van der Waals surface area contributed by atoms with E-state index in [0.717, 1.165) is 25.1 Å². The van der Waals surface area contributed by atoms with Crippen molar-refractivity contribution in [1.29, 1.82) is 0 Å². The number of rotatable bonds is 0. The van der Waals surface area contributed by atoms with Crippen LogP contribution in [0, 0.1) is 0 Å². The maximum atomic E-state index is 9.54. The topological polar surface area (TPSA) is 23.5 Å². The Morgan fingerprint density at radius 2 is 2.25 bits per heavy atom. The minimum absolute atomic E-state index is 0.335. The van der Waals surface area contributed by atoms with Gasteiger partial charge in [-0.1, -0.05) is 24.9 Å². The Kier molecular flexibility index (Phi) is 1.89. The Morgan fingerprint density at radius 1 is 1.42 bits per heavy atom. The number of phenolic OH excluding ortho intramolecular Hbond substituents is 1. The van der Waals surface area contributed by atoms with Gasteiger partial charge in [-0.05, 0) is 24.5 Å². The van der Waals surface area contributed by atoms with Crippen molar-refractivity contribution < 1.29 is 5.11 Å². The summed E-state index contributed by atoms with van der Waals surface area (Å²) in [6.07, 6.45) is 2.15.